The van der Waals surface area contributed by atoms with Crippen LogP contribution in [0.25, 0.3) is 0 Å². The van der Waals surface area contributed by atoms with Crippen LogP contribution in [0.5, 0.6) is 0 Å². The highest BCUT2D eigenvalue weighted by Gasteiger charge is 2.58. The van der Waals surface area contributed by atoms with Crippen LogP contribution < -0.4 is 0 Å². The smallest absolute Gasteiger partial charge is 0.184 e. The lowest BCUT2D eigenvalue weighted by Crippen LogP contribution is -2.63. The van der Waals surface area contributed by atoms with E-state index in [1.807, 2.05) is 27.7 Å². The summed E-state index contributed by atoms with van der Waals surface area (Å²) >= 11 is 0. The van der Waals surface area contributed by atoms with E-state index in [1.165, 1.54) is 0 Å². The average Bonchev–Trinajstić information content (AvgIpc) is 2.56. The van der Waals surface area contributed by atoms with Crippen LogP contribution in [0.1, 0.15) is 27.7 Å². The van der Waals surface area contributed by atoms with Crippen LogP contribution in [0.15, 0.2) is 0 Å². The summed E-state index contributed by atoms with van der Waals surface area (Å²) in [6, 6.07) is 0. The second-order valence-electron chi connectivity index (χ2n) is 5.92. The highest BCUT2D eigenvalue weighted by molar-refractivity contribution is 4.98. The van der Waals surface area contributed by atoms with E-state index in [2.05, 4.69) is 0 Å². The van der Waals surface area contributed by atoms with Gasteiger partial charge in [-0.1, -0.05) is 0 Å². The van der Waals surface area contributed by atoms with Crippen LogP contribution >= 0.6 is 0 Å². The molecule has 3 aliphatic heterocycles. The van der Waals surface area contributed by atoms with Gasteiger partial charge >= 0.3 is 0 Å². The summed E-state index contributed by atoms with van der Waals surface area (Å²) in [5.74, 6) is -1.41. The number of aliphatic hydroxyl groups excluding tert-OH is 1. The summed E-state index contributed by atoms with van der Waals surface area (Å²) in [5.41, 5.74) is 0. The molecule has 0 amide bonds. The summed E-state index contributed by atoms with van der Waals surface area (Å²) in [7, 11) is 0. The minimum Gasteiger partial charge on any atom is -0.366 e. The molecule has 0 radical (unpaired) electrons. The van der Waals surface area contributed by atoms with Crippen LogP contribution in [0.2, 0.25) is 0 Å². The molecule has 6 nitrogen and oxygen atoms in total. The van der Waals surface area contributed by atoms with Crippen LogP contribution in [-0.4, -0.2) is 54.0 Å². The van der Waals surface area contributed by atoms with E-state index in [4.69, 9.17) is 23.7 Å². The Morgan fingerprint density at radius 1 is 0.889 bits per heavy atom. The Morgan fingerprint density at radius 2 is 1.50 bits per heavy atom. The summed E-state index contributed by atoms with van der Waals surface area (Å²) in [6.45, 7) is 7.71. The van der Waals surface area contributed by atoms with Crippen molar-refractivity contribution in [2.24, 2.45) is 0 Å². The van der Waals surface area contributed by atoms with Crippen molar-refractivity contribution in [3.8, 4) is 0 Å². The fraction of sp³-hybridized carbons (Fsp3) is 1.00. The first-order valence-corrected chi connectivity index (χ1v) is 6.28. The zero-order valence-electron chi connectivity index (χ0n) is 11.1. The molecule has 6 heteroatoms. The summed E-state index contributed by atoms with van der Waals surface area (Å²) < 4.78 is 28.4. The van der Waals surface area contributed by atoms with Gasteiger partial charge in [0.15, 0.2) is 17.9 Å². The average molecular weight is 260 g/mol. The molecule has 1 unspecified atom stereocenters. The standard InChI is InChI=1S/C12H20O6/c1-11(2)14-5-6-7(16-11)8-9(10(13)15-6)18-12(3,4)17-8/h6-10,13H,5H2,1-4H3/t6-,7+,8+,9-,10?/m1/s1. The largest absolute Gasteiger partial charge is 0.366 e. The van der Waals surface area contributed by atoms with Gasteiger partial charge in [0.1, 0.15) is 24.4 Å². The Morgan fingerprint density at radius 3 is 2.22 bits per heavy atom. The maximum absolute atomic E-state index is 9.94. The molecule has 0 spiro atoms. The lowest BCUT2D eigenvalue weighted by molar-refractivity contribution is -0.365. The van der Waals surface area contributed by atoms with Gasteiger partial charge in [0.25, 0.3) is 0 Å². The summed E-state index contributed by atoms with van der Waals surface area (Å²) in [4.78, 5) is 0. The maximum atomic E-state index is 9.94. The quantitative estimate of drug-likeness (QED) is 0.679. The fourth-order valence-corrected chi connectivity index (χ4v) is 2.76. The Hall–Kier alpha value is -0.240. The van der Waals surface area contributed by atoms with Crippen molar-refractivity contribution >= 4 is 0 Å². The van der Waals surface area contributed by atoms with E-state index in [9.17, 15) is 5.11 Å². The molecule has 3 heterocycles. The first-order valence-electron chi connectivity index (χ1n) is 6.28. The monoisotopic (exact) mass is 260 g/mol. The van der Waals surface area contributed by atoms with Gasteiger partial charge in [0.05, 0.1) is 6.61 Å². The van der Waals surface area contributed by atoms with Crippen molar-refractivity contribution in [1.82, 2.24) is 0 Å². The van der Waals surface area contributed by atoms with E-state index in [0.717, 1.165) is 0 Å². The number of rotatable bonds is 0. The molecule has 0 bridgehead atoms. The topological polar surface area (TPSA) is 66.4 Å². The molecule has 0 aromatic carbocycles. The minimum absolute atomic E-state index is 0.288. The van der Waals surface area contributed by atoms with E-state index < -0.39 is 24.0 Å². The normalized spacial score (nSPS) is 49.5. The number of hydrogen-bond acceptors (Lipinski definition) is 6. The van der Waals surface area contributed by atoms with Crippen molar-refractivity contribution in [1.29, 1.82) is 0 Å². The molecular weight excluding hydrogens is 240 g/mol. The number of ether oxygens (including phenoxy) is 5. The number of aliphatic hydroxyl groups is 1. The van der Waals surface area contributed by atoms with Gasteiger partial charge in [-0.3, -0.25) is 0 Å². The lowest BCUT2D eigenvalue weighted by atomic mass is 9.98. The van der Waals surface area contributed by atoms with Gasteiger partial charge in [-0.25, -0.2) is 0 Å². The highest BCUT2D eigenvalue weighted by atomic mass is 16.8. The molecule has 0 aliphatic carbocycles. The molecule has 3 aliphatic rings. The van der Waals surface area contributed by atoms with Gasteiger partial charge in [-0.05, 0) is 27.7 Å². The van der Waals surface area contributed by atoms with Crippen molar-refractivity contribution in [3.63, 3.8) is 0 Å². The Balaban J connectivity index is 1.84. The number of hydrogen-bond donors (Lipinski definition) is 1. The van der Waals surface area contributed by atoms with Crippen LogP contribution in [-0.2, 0) is 23.7 Å². The Kier molecular flexibility index (Phi) is 2.75. The molecule has 3 rings (SSSR count). The fourth-order valence-electron chi connectivity index (χ4n) is 2.76. The first kappa shape index (κ1) is 12.8. The molecule has 3 saturated heterocycles. The maximum Gasteiger partial charge on any atom is 0.184 e. The van der Waals surface area contributed by atoms with E-state index in [1.54, 1.807) is 0 Å². The second-order valence-corrected chi connectivity index (χ2v) is 5.92. The summed E-state index contributed by atoms with van der Waals surface area (Å²) in [5, 5.41) is 9.94. The molecule has 18 heavy (non-hydrogen) atoms. The third-order valence-electron chi connectivity index (χ3n) is 3.46. The van der Waals surface area contributed by atoms with Gasteiger partial charge < -0.3 is 28.8 Å². The zero-order valence-corrected chi connectivity index (χ0v) is 11.1. The van der Waals surface area contributed by atoms with E-state index in [-0.39, 0.29) is 18.3 Å². The number of fused-ring (bicyclic) bond motifs is 3. The highest BCUT2D eigenvalue weighted by Crippen LogP contribution is 2.41. The van der Waals surface area contributed by atoms with Gasteiger partial charge in [-0.15, -0.1) is 0 Å². The molecule has 0 aromatic heterocycles. The van der Waals surface area contributed by atoms with Gasteiger partial charge in [0, 0.05) is 0 Å². The van der Waals surface area contributed by atoms with E-state index in [0.29, 0.717) is 6.61 Å². The predicted molar refractivity (Wildman–Crippen MR) is 59.6 cm³/mol. The molecule has 0 saturated carbocycles. The first-order chi connectivity index (χ1) is 8.27. The predicted octanol–water partition coefficient (Wildman–Crippen LogP) is 0.375. The molecular formula is C12H20O6. The zero-order chi connectivity index (χ0) is 13.1. The third kappa shape index (κ3) is 2.07. The van der Waals surface area contributed by atoms with Crippen LogP contribution in [0.4, 0.5) is 0 Å². The third-order valence-corrected chi connectivity index (χ3v) is 3.46. The van der Waals surface area contributed by atoms with Crippen LogP contribution in [0.3, 0.4) is 0 Å². The Labute approximate surface area is 106 Å². The SMILES string of the molecule is CC1(C)OC[C@H]2OC(O)[C@@H]3OC(C)(C)O[C@H]3[C@H]2O1. The molecule has 3 fully saturated rings. The van der Waals surface area contributed by atoms with Crippen molar-refractivity contribution in [3.05, 3.63) is 0 Å². The molecule has 1 N–H and O–H groups in total. The molecule has 104 valence electrons. The lowest BCUT2D eigenvalue weighted by Gasteiger charge is -2.47. The van der Waals surface area contributed by atoms with Crippen LogP contribution in [0, 0.1) is 0 Å². The summed E-state index contributed by atoms with van der Waals surface area (Å²) in [6.07, 6.45) is -2.48. The molecule has 0 aromatic rings. The van der Waals surface area contributed by atoms with Gasteiger partial charge in [0.2, 0.25) is 0 Å². The van der Waals surface area contributed by atoms with Crippen molar-refractivity contribution < 1.29 is 28.8 Å². The van der Waals surface area contributed by atoms with Crippen molar-refractivity contribution in [2.45, 2.75) is 70.0 Å². The van der Waals surface area contributed by atoms with Crippen molar-refractivity contribution in [2.75, 3.05) is 6.61 Å². The minimum atomic E-state index is -1.01. The Bertz CT molecular complexity index is 341. The molecule has 5 atom stereocenters. The van der Waals surface area contributed by atoms with E-state index >= 15 is 0 Å². The second kappa shape index (κ2) is 3.88. The van der Waals surface area contributed by atoms with Gasteiger partial charge in [-0.2, -0.15) is 0 Å².